The zero-order valence-electron chi connectivity index (χ0n) is 12.7. The van der Waals surface area contributed by atoms with E-state index in [4.69, 9.17) is 10.5 Å². The number of nitrogens with two attached hydrogens (primary N) is 1. The molecule has 1 aliphatic carbocycles. The number of hydrogen-bond donors (Lipinski definition) is 1. The van der Waals surface area contributed by atoms with Crippen LogP contribution in [0, 0.1) is 0 Å². The van der Waals surface area contributed by atoms with Gasteiger partial charge in [-0.05, 0) is 46.2 Å². The van der Waals surface area contributed by atoms with E-state index in [1.807, 2.05) is 0 Å². The lowest BCUT2D eigenvalue weighted by Gasteiger charge is -2.42. The largest absolute Gasteiger partial charge is 0.374 e. The van der Waals surface area contributed by atoms with Gasteiger partial charge in [-0.3, -0.25) is 9.80 Å². The van der Waals surface area contributed by atoms with E-state index >= 15 is 0 Å². The normalized spacial score (nSPS) is 26.1. The topological polar surface area (TPSA) is 41.7 Å². The Kier molecular flexibility index (Phi) is 6.07. The molecule has 0 radical (unpaired) electrons. The Bertz CT molecular complexity index is 256. The van der Waals surface area contributed by atoms with Gasteiger partial charge in [-0.2, -0.15) is 0 Å². The molecule has 2 rings (SSSR count). The second-order valence-corrected chi connectivity index (χ2v) is 6.30. The van der Waals surface area contributed by atoms with Crippen LogP contribution in [0.5, 0.6) is 0 Å². The van der Waals surface area contributed by atoms with E-state index in [2.05, 4.69) is 23.6 Å². The number of nitrogens with zero attached hydrogens (tertiary/aromatic N) is 2. The SMILES string of the molecule is CC(C)N1CCOC(CN(CCCN)C2CCC2)C1. The van der Waals surface area contributed by atoms with Crippen LogP contribution in [0.25, 0.3) is 0 Å². The third kappa shape index (κ3) is 4.42. The van der Waals surface area contributed by atoms with Gasteiger partial charge in [0.2, 0.25) is 0 Å². The van der Waals surface area contributed by atoms with Crippen molar-refractivity contribution in [2.24, 2.45) is 5.73 Å². The number of morpholine rings is 1. The van der Waals surface area contributed by atoms with Gasteiger partial charge in [-0.1, -0.05) is 6.42 Å². The van der Waals surface area contributed by atoms with Crippen molar-refractivity contribution in [3.8, 4) is 0 Å². The molecule has 1 saturated carbocycles. The Balaban J connectivity index is 1.81. The molecule has 4 nitrogen and oxygen atoms in total. The first-order valence-electron chi connectivity index (χ1n) is 8.00. The maximum absolute atomic E-state index is 5.97. The molecule has 19 heavy (non-hydrogen) atoms. The smallest absolute Gasteiger partial charge is 0.0829 e. The maximum atomic E-state index is 5.97. The highest BCUT2D eigenvalue weighted by Gasteiger charge is 2.29. The van der Waals surface area contributed by atoms with Crippen LogP contribution in [-0.4, -0.2) is 67.3 Å². The first kappa shape index (κ1) is 15.2. The number of ether oxygens (including phenoxy) is 1. The van der Waals surface area contributed by atoms with Crippen LogP contribution in [0.15, 0.2) is 0 Å². The van der Waals surface area contributed by atoms with Crippen molar-refractivity contribution in [2.75, 3.05) is 39.3 Å². The van der Waals surface area contributed by atoms with E-state index < -0.39 is 0 Å². The second-order valence-electron chi connectivity index (χ2n) is 6.30. The summed E-state index contributed by atoms with van der Waals surface area (Å²) >= 11 is 0. The lowest BCUT2D eigenvalue weighted by molar-refractivity contribution is -0.0613. The summed E-state index contributed by atoms with van der Waals surface area (Å²) in [7, 11) is 0. The Labute approximate surface area is 118 Å². The van der Waals surface area contributed by atoms with E-state index in [1.165, 1.54) is 19.3 Å². The van der Waals surface area contributed by atoms with Gasteiger partial charge in [0.25, 0.3) is 0 Å². The van der Waals surface area contributed by atoms with E-state index in [9.17, 15) is 0 Å². The van der Waals surface area contributed by atoms with Crippen molar-refractivity contribution < 1.29 is 4.74 Å². The fourth-order valence-electron chi connectivity index (χ4n) is 3.05. The minimum Gasteiger partial charge on any atom is -0.374 e. The van der Waals surface area contributed by atoms with Crippen LogP contribution in [0.2, 0.25) is 0 Å². The molecule has 0 bridgehead atoms. The summed E-state index contributed by atoms with van der Waals surface area (Å²) < 4.78 is 5.97. The van der Waals surface area contributed by atoms with E-state index in [1.54, 1.807) is 0 Å². The molecule has 2 aliphatic rings. The molecular formula is C15H31N3O. The summed E-state index contributed by atoms with van der Waals surface area (Å²) in [5.74, 6) is 0. The molecule has 2 fully saturated rings. The van der Waals surface area contributed by atoms with E-state index in [-0.39, 0.29) is 0 Å². The van der Waals surface area contributed by atoms with Crippen LogP contribution in [0.4, 0.5) is 0 Å². The van der Waals surface area contributed by atoms with Crippen molar-refractivity contribution in [1.29, 1.82) is 0 Å². The van der Waals surface area contributed by atoms with Crippen molar-refractivity contribution in [1.82, 2.24) is 9.80 Å². The molecule has 0 spiro atoms. The molecule has 0 aromatic rings. The molecule has 112 valence electrons. The third-order valence-corrected chi connectivity index (χ3v) is 4.58. The molecule has 2 N–H and O–H groups in total. The molecule has 1 heterocycles. The van der Waals surface area contributed by atoms with Crippen molar-refractivity contribution in [3.05, 3.63) is 0 Å². The Hall–Kier alpha value is -0.160. The Morgan fingerprint density at radius 1 is 1.37 bits per heavy atom. The quantitative estimate of drug-likeness (QED) is 0.756. The summed E-state index contributed by atoms with van der Waals surface area (Å²) in [6, 6.07) is 1.43. The minimum atomic E-state index is 0.384. The van der Waals surface area contributed by atoms with E-state index in [0.717, 1.165) is 51.8 Å². The highest BCUT2D eigenvalue weighted by Crippen LogP contribution is 2.25. The van der Waals surface area contributed by atoms with Crippen LogP contribution >= 0.6 is 0 Å². The molecule has 0 aromatic carbocycles. The molecular weight excluding hydrogens is 238 g/mol. The van der Waals surface area contributed by atoms with Crippen LogP contribution in [0.1, 0.15) is 39.5 Å². The summed E-state index contributed by atoms with van der Waals surface area (Å²) in [5, 5.41) is 0. The summed E-state index contributed by atoms with van der Waals surface area (Å²) in [5.41, 5.74) is 5.67. The molecule has 1 atom stereocenters. The average Bonchev–Trinajstić information content (AvgIpc) is 2.34. The minimum absolute atomic E-state index is 0.384. The molecule has 4 heteroatoms. The molecule has 1 aliphatic heterocycles. The van der Waals surface area contributed by atoms with Crippen molar-refractivity contribution in [3.63, 3.8) is 0 Å². The van der Waals surface area contributed by atoms with Crippen molar-refractivity contribution in [2.45, 2.75) is 57.7 Å². The zero-order chi connectivity index (χ0) is 13.7. The van der Waals surface area contributed by atoms with E-state index in [0.29, 0.717) is 12.1 Å². The second kappa shape index (κ2) is 7.58. The fraction of sp³-hybridized carbons (Fsp3) is 1.00. The van der Waals surface area contributed by atoms with Gasteiger partial charge >= 0.3 is 0 Å². The van der Waals surface area contributed by atoms with Gasteiger partial charge in [0.05, 0.1) is 12.7 Å². The van der Waals surface area contributed by atoms with Gasteiger partial charge in [-0.15, -0.1) is 0 Å². The number of hydrogen-bond acceptors (Lipinski definition) is 4. The average molecular weight is 269 g/mol. The summed E-state index contributed by atoms with van der Waals surface area (Å²) in [6.07, 6.45) is 5.62. The molecule has 0 aromatic heterocycles. The highest BCUT2D eigenvalue weighted by atomic mass is 16.5. The van der Waals surface area contributed by atoms with Crippen molar-refractivity contribution >= 4 is 0 Å². The Morgan fingerprint density at radius 3 is 2.74 bits per heavy atom. The highest BCUT2D eigenvalue weighted by molar-refractivity contribution is 4.84. The fourth-order valence-corrected chi connectivity index (χ4v) is 3.05. The van der Waals surface area contributed by atoms with Gasteiger partial charge in [0.1, 0.15) is 0 Å². The first-order valence-corrected chi connectivity index (χ1v) is 8.00. The first-order chi connectivity index (χ1) is 9.20. The lowest BCUT2D eigenvalue weighted by atomic mass is 9.91. The summed E-state index contributed by atoms with van der Waals surface area (Å²) in [4.78, 5) is 5.17. The van der Waals surface area contributed by atoms with Crippen LogP contribution in [-0.2, 0) is 4.74 Å². The van der Waals surface area contributed by atoms with Crippen LogP contribution < -0.4 is 5.73 Å². The number of rotatable bonds is 7. The molecule has 0 amide bonds. The van der Waals surface area contributed by atoms with Gasteiger partial charge in [-0.25, -0.2) is 0 Å². The van der Waals surface area contributed by atoms with Gasteiger partial charge in [0, 0.05) is 31.7 Å². The predicted octanol–water partition coefficient (Wildman–Crippen LogP) is 1.30. The summed E-state index contributed by atoms with van der Waals surface area (Å²) in [6.45, 7) is 10.6. The molecule has 1 saturated heterocycles. The lowest BCUT2D eigenvalue weighted by Crippen LogP contribution is -2.52. The standard InChI is InChI=1S/C15H31N3O/c1-13(2)17-9-10-19-15(11-17)12-18(8-4-7-16)14-5-3-6-14/h13-15H,3-12,16H2,1-2H3. The van der Waals surface area contributed by atoms with Crippen LogP contribution in [0.3, 0.4) is 0 Å². The molecule has 1 unspecified atom stereocenters. The van der Waals surface area contributed by atoms with Gasteiger partial charge in [0.15, 0.2) is 0 Å². The zero-order valence-corrected chi connectivity index (χ0v) is 12.7. The Morgan fingerprint density at radius 2 is 2.16 bits per heavy atom. The van der Waals surface area contributed by atoms with Gasteiger partial charge < -0.3 is 10.5 Å². The predicted molar refractivity (Wildman–Crippen MR) is 79.3 cm³/mol. The maximum Gasteiger partial charge on any atom is 0.0829 e. The third-order valence-electron chi connectivity index (χ3n) is 4.58. The monoisotopic (exact) mass is 269 g/mol.